The van der Waals surface area contributed by atoms with E-state index in [9.17, 15) is 9.59 Å². The summed E-state index contributed by atoms with van der Waals surface area (Å²) in [4.78, 5) is 37.5. The van der Waals surface area contributed by atoms with Crippen LogP contribution in [0.25, 0.3) is 0 Å². The van der Waals surface area contributed by atoms with Crippen molar-refractivity contribution in [2.45, 2.75) is 38.3 Å². The number of aromatic nitrogens is 2. The Balaban J connectivity index is 1.75. The molecule has 3 heterocycles. The standard InChI is InChI=1S/C17H27N5O2/c1-13-18-14(10-15(23)19-13)11-22-9-8-21(3)17(12-22)5-4-16(24)20(2)7-6-17/h10H,4-9,11-12H2,1-3H3,(H,18,19,23)/t17-/m1/s1. The summed E-state index contributed by atoms with van der Waals surface area (Å²) in [6.45, 7) is 6.14. The third-order valence-electron chi connectivity index (χ3n) is 5.52. The summed E-state index contributed by atoms with van der Waals surface area (Å²) in [5, 5.41) is 0. The molecule has 0 aromatic carbocycles. The molecule has 1 aromatic heterocycles. The van der Waals surface area contributed by atoms with Crippen molar-refractivity contribution in [1.82, 2.24) is 24.7 Å². The van der Waals surface area contributed by atoms with Crippen LogP contribution in [0.4, 0.5) is 0 Å². The first-order valence-electron chi connectivity index (χ1n) is 8.62. The molecule has 2 fully saturated rings. The van der Waals surface area contributed by atoms with Gasteiger partial charge in [0.05, 0.1) is 5.69 Å². The molecule has 132 valence electrons. The lowest BCUT2D eigenvalue weighted by Gasteiger charge is -2.49. The number of likely N-dealkylation sites (tertiary alicyclic amines) is 1. The maximum absolute atomic E-state index is 12.0. The predicted molar refractivity (Wildman–Crippen MR) is 91.7 cm³/mol. The zero-order valence-electron chi connectivity index (χ0n) is 14.8. The van der Waals surface area contributed by atoms with Gasteiger partial charge in [0.15, 0.2) is 0 Å². The van der Waals surface area contributed by atoms with Gasteiger partial charge in [0.25, 0.3) is 5.56 Å². The molecule has 1 amide bonds. The van der Waals surface area contributed by atoms with Crippen molar-refractivity contribution < 1.29 is 4.79 Å². The van der Waals surface area contributed by atoms with Crippen LogP contribution in [0, 0.1) is 6.92 Å². The highest BCUT2D eigenvalue weighted by Gasteiger charge is 2.41. The number of carbonyl (C=O) groups excluding carboxylic acids is 1. The summed E-state index contributed by atoms with van der Waals surface area (Å²) >= 11 is 0. The maximum Gasteiger partial charge on any atom is 0.251 e. The fraction of sp³-hybridized carbons (Fsp3) is 0.706. The number of H-pyrrole nitrogens is 1. The van der Waals surface area contributed by atoms with Gasteiger partial charge >= 0.3 is 0 Å². The molecule has 7 heteroatoms. The highest BCUT2D eigenvalue weighted by Crippen LogP contribution is 2.32. The Bertz CT molecular complexity index is 673. The predicted octanol–water partition coefficient (Wildman–Crippen LogP) is 0.207. The molecular formula is C17H27N5O2. The Hall–Kier alpha value is -1.73. The van der Waals surface area contributed by atoms with Gasteiger partial charge < -0.3 is 9.88 Å². The van der Waals surface area contributed by atoms with Gasteiger partial charge in [-0.15, -0.1) is 0 Å². The number of likely N-dealkylation sites (N-methyl/N-ethyl adjacent to an activating group) is 1. The highest BCUT2D eigenvalue weighted by atomic mass is 16.2. The number of rotatable bonds is 2. The van der Waals surface area contributed by atoms with E-state index in [1.54, 1.807) is 6.07 Å². The molecule has 1 N–H and O–H groups in total. The van der Waals surface area contributed by atoms with Gasteiger partial charge in [0, 0.05) is 57.8 Å². The molecular weight excluding hydrogens is 306 g/mol. The minimum atomic E-state index is -0.0944. The Morgan fingerprint density at radius 3 is 2.75 bits per heavy atom. The summed E-state index contributed by atoms with van der Waals surface area (Å²) in [6.07, 6.45) is 2.49. The SMILES string of the molecule is Cc1nc(CN2CCN(C)[C@@]3(CCC(=O)N(C)CC3)C2)cc(=O)[nH]1. The lowest BCUT2D eigenvalue weighted by atomic mass is 9.86. The van der Waals surface area contributed by atoms with E-state index in [0.717, 1.165) is 44.7 Å². The minimum absolute atomic E-state index is 0.0366. The molecule has 0 saturated carbocycles. The summed E-state index contributed by atoms with van der Waals surface area (Å²) in [7, 11) is 4.06. The topological polar surface area (TPSA) is 72.5 Å². The van der Waals surface area contributed by atoms with E-state index in [1.807, 2.05) is 18.9 Å². The number of hydrogen-bond donors (Lipinski definition) is 1. The van der Waals surface area contributed by atoms with Crippen LogP contribution < -0.4 is 5.56 Å². The first-order valence-corrected chi connectivity index (χ1v) is 8.62. The molecule has 1 spiro atoms. The van der Waals surface area contributed by atoms with Crippen LogP contribution in [0.3, 0.4) is 0 Å². The fourth-order valence-electron chi connectivity index (χ4n) is 3.93. The first kappa shape index (κ1) is 17.1. The largest absolute Gasteiger partial charge is 0.346 e. The van der Waals surface area contributed by atoms with Crippen LogP contribution in [-0.4, -0.2) is 76.4 Å². The average Bonchev–Trinajstić information content (AvgIpc) is 2.65. The second-order valence-corrected chi connectivity index (χ2v) is 7.24. The van der Waals surface area contributed by atoms with E-state index < -0.39 is 0 Å². The number of amides is 1. The van der Waals surface area contributed by atoms with Gasteiger partial charge in [-0.25, -0.2) is 4.98 Å². The monoisotopic (exact) mass is 333 g/mol. The Kier molecular flexibility index (Phi) is 4.73. The van der Waals surface area contributed by atoms with Gasteiger partial charge in [-0.2, -0.15) is 0 Å². The molecule has 0 bridgehead atoms. The van der Waals surface area contributed by atoms with Crippen molar-refractivity contribution in [2.75, 3.05) is 40.3 Å². The molecule has 3 rings (SSSR count). The van der Waals surface area contributed by atoms with E-state index >= 15 is 0 Å². The van der Waals surface area contributed by atoms with Crippen LogP contribution in [-0.2, 0) is 11.3 Å². The lowest BCUT2D eigenvalue weighted by Crippen LogP contribution is -2.60. The third kappa shape index (κ3) is 3.52. The van der Waals surface area contributed by atoms with Gasteiger partial charge in [-0.1, -0.05) is 0 Å². The maximum atomic E-state index is 12.0. The Morgan fingerprint density at radius 2 is 2.00 bits per heavy atom. The molecule has 1 aromatic rings. The normalized spacial score (nSPS) is 26.8. The van der Waals surface area contributed by atoms with Gasteiger partial charge in [-0.05, 0) is 26.8 Å². The van der Waals surface area contributed by atoms with Crippen LogP contribution in [0.5, 0.6) is 0 Å². The van der Waals surface area contributed by atoms with Crippen molar-refractivity contribution >= 4 is 5.91 Å². The van der Waals surface area contributed by atoms with Crippen LogP contribution in [0.15, 0.2) is 10.9 Å². The second kappa shape index (κ2) is 6.64. The number of carbonyl (C=O) groups is 1. The van der Waals surface area contributed by atoms with E-state index in [0.29, 0.717) is 18.8 Å². The number of hydrogen-bond acceptors (Lipinski definition) is 5. The summed E-state index contributed by atoms with van der Waals surface area (Å²) in [5.74, 6) is 0.896. The smallest absolute Gasteiger partial charge is 0.251 e. The summed E-state index contributed by atoms with van der Waals surface area (Å²) in [6, 6.07) is 1.59. The fourth-order valence-corrected chi connectivity index (χ4v) is 3.93. The second-order valence-electron chi connectivity index (χ2n) is 7.24. The van der Waals surface area contributed by atoms with Crippen molar-refractivity contribution in [3.8, 4) is 0 Å². The third-order valence-corrected chi connectivity index (χ3v) is 5.52. The Labute approximate surface area is 142 Å². The number of aryl methyl sites for hydroxylation is 1. The van der Waals surface area contributed by atoms with Gasteiger partial charge in [0.2, 0.25) is 5.91 Å². The van der Waals surface area contributed by atoms with Crippen molar-refractivity contribution in [3.05, 3.63) is 27.9 Å². The molecule has 0 unspecified atom stereocenters. The van der Waals surface area contributed by atoms with Gasteiger partial charge in [0.1, 0.15) is 5.82 Å². The van der Waals surface area contributed by atoms with E-state index in [4.69, 9.17) is 0 Å². The number of aromatic amines is 1. The zero-order chi connectivity index (χ0) is 17.3. The molecule has 0 aliphatic carbocycles. The quantitative estimate of drug-likeness (QED) is 0.837. The van der Waals surface area contributed by atoms with E-state index in [-0.39, 0.29) is 17.0 Å². The molecule has 2 aliphatic heterocycles. The molecule has 0 radical (unpaired) electrons. The van der Waals surface area contributed by atoms with Crippen molar-refractivity contribution in [2.24, 2.45) is 0 Å². The average molecular weight is 333 g/mol. The van der Waals surface area contributed by atoms with Crippen LogP contribution in [0.2, 0.25) is 0 Å². The van der Waals surface area contributed by atoms with E-state index in [1.165, 1.54) is 0 Å². The van der Waals surface area contributed by atoms with Gasteiger partial charge in [-0.3, -0.25) is 19.4 Å². The zero-order valence-corrected chi connectivity index (χ0v) is 14.8. The number of nitrogens with zero attached hydrogens (tertiary/aromatic N) is 4. The van der Waals surface area contributed by atoms with Crippen molar-refractivity contribution in [3.63, 3.8) is 0 Å². The summed E-state index contributed by atoms with van der Waals surface area (Å²) in [5.41, 5.74) is 0.760. The van der Waals surface area contributed by atoms with Crippen LogP contribution >= 0.6 is 0 Å². The van der Waals surface area contributed by atoms with Crippen LogP contribution in [0.1, 0.15) is 30.8 Å². The molecule has 2 aliphatic rings. The first-order chi connectivity index (χ1) is 11.4. The van der Waals surface area contributed by atoms with E-state index in [2.05, 4.69) is 26.8 Å². The number of nitrogens with one attached hydrogen (secondary N) is 1. The molecule has 1 atom stereocenters. The molecule has 24 heavy (non-hydrogen) atoms. The molecule has 2 saturated heterocycles. The molecule has 7 nitrogen and oxygen atoms in total. The number of piperazine rings is 1. The minimum Gasteiger partial charge on any atom is -0.346 e. The Morgan fingerprint density at radius 1 is 1.21 bits per heavy atom. The highest BCUT2D eigenvalue weighted by molar-refractivity contribution is 5.76. The lowest BCUT2D eigenvalue weighted by molar-refractivity contribution is -0.129. The summed E-state index contributed by atoms with van der Waals surface area (Å²) < 4.78 is 0. The van der Waals surface area contributed by atoms with Crippen molar-refractivity contribution in [1.29, 1.82) is 0 Å².